The van der Waals surface area contributed by atoms with E-state index in [-0.39, 0.29) is 9.88 Å². The predicted octanol–water partition coefficient (Wildman–Crippen LogP) is 1.30. The number of alkyl halides is 6. The molecule has 3 N–H and O–H groups in total. The zero-order valence-electron chi connectivity index (χ0n) is 15.3. The number of carbonyl (C=O) groups excluding carboxylic acids is 1. The first kappa shape index (κ1) is 27.3. The second-order valence-corrected chi connectivity index (χ2v) is 9.90. The molecule has 0 aromatic carbocycles. The van der Waals surface area contributed by atoms with E-state index >= 15 is 0 Å². The van der Waals surface area contributed by atoms with Crippen LogP contribution in [0.15, 0.2) is 24.0 Å². The Morgan fingerprint density at radius 1 is 1.03 bits per heavy atom. The number of aliphatic hydroxyl groups excluding tert-OH is 2. The highest BCUT2D eigenvalue weighted by molar-refractivity contribution is 7.90. The maximum Gasteiger partial charge on any atom is 0.439 e. The van der Waals surface area contributed by atoms with E-state index in [1.54, 1.807) is 0 Å². The summed E-state index contributed by atoms with van der Waals surface area (Å²) in [5.41, 5.74) is -0.312. The van der Waals surface area contributed by atoms with Crippen molar-refractivity contribution in [3.05, 3.63) is 24.0 Å². The maximum atomic E-state index is 14.0. The van der Waals surface area contributed by atoms with Crippen LogP contribution in [0, 0.1) is 5.92 Å². The summed E-state index contributed by atoms with van der Waals surface area (Å²) in [5, 5.41) is 5.14. The average molecular weight is 505 g/mol. The van der Waals surface area contributed by atoms with E-state index in [2.05, 4.69) is 6.58 Å². The van der Waals surface area contributed by atoms with Crippen LogP contribution in [0.4, 0.5) is 26.3 Å². The zero-order valence-corrected chi connectivity index (χ0v) is 16.9. The third kappa shape index (κ3) is 4.74. The van der Waals surface area contributed by atoms with Gasteiger partial charge in [0.2, 0.25) is 0 Å². The molecule has 0 radical (unpaired) electrons. The van der Waals surface area contributed by atoms with Gasteiger partial charge in [0.15, 0.2) is 5.78 Å². The van der Waals surface area contributed by atoms with Crippen molar-refractivity contribution in [2.24, 2.45) is 5.92 Å². The van der Waals surface area contributed by atoms with Gasteiger partial charge in [-0.15, -0.1) is 0 Å². The highest BCUT2D eigenvalue weighted by Crippen LogP contribution is 2.51. The lowest BCUT2D eigenvalue weighted by Crippen LogP contribution is -2.63. The van der Waals surface area contributed by atoms with Crippen molar-refractivity contribution in [3.8, 4) is 0 Å². The van der Waals surface area contributed by atoms with Crippen LogP contribution >= 0.6 is 0 Å². The van der Waals surface area contributed by atoms with E-state index in [1.165, 1.54) is 0 Å². The smallest absolute Gasteiger partial charge is 0.439 e. The fraction of sp³-hybridized carbons (Fsp3) is 0.643. The van der Waals surface area contributed by atoms with Crippen molar-refractivity contribution < 1.29 is 62.7 Å². The Morgan fingerprint density at radius 3 is 1.87 bits per heavy atom. The topological polar surface area (TPSA) is 149 Å². The molecule has 0 saturated carbocycles. The van der Waals surface area contributed by atoms with Crippen molar-refractivity contribution in [1.82, 2.24) is 4.31 Å². The molecule has 9 nitrogen and oxygen atoms in total. The van der Waals surface area contributed by atoms with Gasteiger partial charge in [-0.3, -0.25) is 9.35 Å². The molecule has 0 amide bonds. The Kier molecular flexibility index (Phi) is 7.66. The molecule has 1 rings (SSSR count). The Morgan fingerprint density at radius 2 is 1.48 bits per heavy atom. The van der Waals surface area contributed by atoms with E-state index in [1.807, 2.05) is 0 Å². The van der Waals surface area contributed by atoms with Crippen LogP contribution in [-0.4, -0.2) is 77.8 Å². The second-order valence-electron chi connectivity index (χ2n) is 6.46. The molecule has 0 bridgehead atoms. The minimum atomic E-state index is -7.12. The van der Waals surface area contributed by atoms with Crippen LogP contribution in [0.3, 0.4) is 0 Å². The third-order valence-electron chi connectivity index (χ3n) is 4.41. The molecule has 0 spiro atoms. The standard InChI is InChI=1S/C14H17F6NO8S2/c1-8(7-22)10(23)6-11(24)9-2-4-21(5-3-9)30(25,26)13(17,18)12(15,16)14(19,20)31(27,28)29/h6,9,22,24H,1-5,7H2,(H,27,28,29)/b11-6-. The van der Waals surface area contributed by atoms with Crippen molar-refractivity contribution in [2.45, 2.75) is 29.3 Å². The van der Waals surface area contributed by atoms with E-state index in [0.717, 1.165) is 0 Å². The second kappa shape index (κ2) is 8.68. The number of halogens is 6. The Bertz CT molecular complexity index is 969. The molecule has 180 valence electrons. The molecule has 1 aliphatic rings. The molecule has 1 aliphatic heterocycles. The molecule has 1 saturated heterocycles. The SMILES string of the molecule is C=C(CO)C(=O)/C=C(\O)C1CCN(S(=O)(=O)C(F)(F)C(F)(F)C(F)(F)S(=O)(=O)O)CC1. The first-order valence-corrected chi connectivity index (χ1v) is 11.0. The number of rotatable bonds is 9. The summed E-state index contributed by atoms with van der Waals surface area (Å²) in [5.74, 6) is -9.59. The van der Waals surface area contributed by atoms with Gasteiger partial charge in [0, 0.05) is 30.7 Å². The minimum absolute atomic E-state index is 0.306. The highest BCUT2D eigenvalue weighted by Gasteiger charge is 2.82. The summed E-state index contributed by atoms with van der Waals surface area (Å²) in [6.07, 6.45) is -0.379. The molecule has 0 atom stereocenters. The molecule has 0 unspecified atom stereocenters. The van der Waals surface area contributed by atoms with Gasteiger partial charge in [-0.2, -0.15) is 39.1 Å². The first-order valence-electron chi connectivity index (χ1n) is 8.09. The molecule has 1 fully saturated rings. The lowest BCUT2D eigenvalue weighted by molar-refractivity contribution is -0.247. The third-order valence-corrected chi connectivity index (χ3v) is 7.26. The summed E-state index contributed by atoms with van der Waals surface area (Å²) >= 11 is 0. The van der Waals surface area contributed by atoms with Crippen LogP contribution in [-0.2, 0) is 24.9 Å². The molecular weight excluding hydrogens is 488 g/mol. The fourth-order valence-electron chi connectivity index (χ4n) is 2.48. The summed E-state index contributed by atoms with van der Waals surface area (Å²) in [6.45, 7) is 0.478. The predicted molar refractivity (Wildman–Crippen MR) is 91.6 cm³/mol. The molecule has 0 aromatic heterocycles. The van der Waals surface area contributed by atoms with E-state index in [0.29, 0.717) is 6.08 Å². The van der Waals surface area contributed by atoms with Gasteiger partial charge in [-0.05, 0) is 12.8 Å². The molecule has 31 heavy (non-hydrogen) atoms. The largest absolute Gasteiger partial charge is 0.512 e. The number of hydrogen-bond donors (Lipinski definition) is 3. The van der Waals surface area contributed by atoms with Crippen LogP contribution in [0.2, 0.25) is 0 Å². The van der Waals surface area contributed by atoms with Gasteiger partial charge in [0.25, 0.3) is 10.0 Å². The lowest BCUT2D eigenvalue weighted by atomic mass is 9.95. The molecule has 1 heterocycles. The summed E-state index contributed by atoms with van der Waals surface area (Å²) in [4.78, 5) is 11.5. The van der Waals surface area contributed by atoms with Gasteiger partial charge >= 0.3 is 26.5 Å². The zero-order chi connectivity index (χ0) is 24.6. The maximum absolute atomic E-state index is 14.0. The van der Waals surface area contributed by atoms with Crippen molar-refractivity contribution in [1.29, 1.82) is 0 Å². The van der Waals surface area contributed by atoms with Gasteiger partial charge in [0.1, 0.15) is 0 Å². The normalized spacial score (nSPS) is 18.8. The Balaban J connectivity index is 3.12. The van der Waals surface area contributed by atoms with Gasteiger partial charge in [0.05, 0.1) is 12.4 Å². The van der Waals surface area contributed by atoms with Crippen molar-refractivity contribution >= 4 is 25.9 Å². The number of allylic oxidation sites excluding steroid dienone is 2. The Hall–Kier alpha value is -1.69. The van der Waals surface area contributed by atoms with Crippen molar-refractivity contribution in [2.75, 3.05) is 19.7 Å². The highest BCUT2D eigenvalue weighted by atomic mass is 32.2. The summed E-state index contributed by atoms with van der Waals surface area (Å²) in [7, 11) is -13.7. The molecule has 0 aliphatic carbocycles. The number of nitrogens with zero attached hydrogens (tertiary/aromatic N) is 1. The van der Waals surface area contributed by atoms with E-state index in [9.17, 15) is 53.1 Å². The monoisotopic (exact) mass is 505 g/mol. The number of hydrogen-bond acceptors (Lipinski definition) is 7. The number of sulfonamides is 1. The number of carbonyl (C=O) groups is 1. The quantitative estimate of drug-likeness (QED) is 0.184. The van der Waals surface area contributed by atoms with Crippen LogP contribution in [0.1, 0.15) is 12.8 Å². The Labute approximate surface area is 172 Å². The summed E-state index contributed by atoms with van der Waals surface area (Å²) in [6, 6.07) is 0. The van der Waals surface area contributed by atoms with E-state index in [4.69, 9.17) is 9.66 Å². The molecule has 0 aromatic rings. The molecule has 17 heteroatoms. The van der Waals surface area contributed by atoms with Gasteiger partial charge in [-0.1, -0.05) is 6.58 Å². The number of ketones is 1. The van der Waals surface area contributed by atoms with Crippen LogP contribution in [0.5, 0.6) is 0 Å². The summed E-state index contributed by atoms with van der Waals surface area (Å²) < 4.78 is 134. The van der Waals surface area contributed by atoms with Crippen LogP contribution < -0.4 is 0 Å². The number of piperidine rings is 1. The fourth-order valence-corrected chi connectivity index (χ4v) is 4.46. The number of aliphatic hydroxyl groups is 2. The van der Waals surface area contributed by atoms with Gasteiger partial charge in [-0.25, -0.2) is 8.42 Å². The van der Waals surface area contributed by atoms with Gasteiger partial charge < -0.3 is 10.2 Å². The first-order chi connectivity index (χ1) is 13.8. The average Bonchev–Trinajstić information content (AvgIpc) is 2.65. The lowest BCUT2D eigenvalue weighted by Gasteiger charge is -2.36. The molecular formula is C14H17F6NO8S2. The van der Waals surface area contributed by atoms with Crippen LogP contribution in [0.25, 0.3) is 0 Å². The van der Waals surface area contributed by atoms with E-state index < -0.39 is 86.6 Å². The van der Waals surface area contributed by atoms with Crippen molar-refractivity contribution in [3.63, 3.8) is 0 Å². The minimum Gasteiger partial charge on any atom is -0.512 e.